The van der Waals surface area contributed by atoms with E-state index in [1.165, 1.54) is 0 Å². The summed E-state index contributed by atoms with van der Waals surface area (Å²) in [5.41, 5.74) is 1.07. The standard InChI is InChI=1S/C9H9O3P.C2H6O2/c10-9(12-13-11)7-6-8-4-2-1-3-5-8;3-1-2-4/h1-5H,6-7H2;3-4H,1-2H2. The Hall–Kier alpha value is -1.29. The average molecular weight is 258 g/mol. The third-order valence-corrected chi connectivity index (χ3v) is 1.98. The van der Waals surface area contributed by atoms with Crippen molar-refractivity contribution in [2.75, 3.05) is 13.2 Å². The number of hydrogen-bond donors (Lipinski definition) is 2. The van der Waals surface area contributed by atoms with Crippen LogP contribution in [0.25, 0.3) is 0 Å². The lowest BCUT2D eigenvalue weighted by Gasteiger charge is -1.97. The Morgan fingerprint density at radius 1 is 1.18 bits per heavy atom. The molecule has 0 spiro atoms. The Kier molecular flexibility index (Phi) is 10.4. The van der Waals surface area contributed by atoms with Gasteiger partial charge in [0.25, 0.3) is 0 Å². The molecule has 0 aliphatic carbocycles. The molecule has 0 bridgehead atoms. The number of aliphatic hydroxyl groups is 2. The molecule has 1 rings (SSSR count). The molecule has 0 heterocycles. The van der Waals surface area contributed by atoms with Crippen LogP contribution in [0, 0.1) is 0 Å². The van der Waals surface area contributed by atoms with Gasteiger partial charge in [-0.2, -0.15) is 0 Å². The Bertz CT molecular complexity index is 313. The van der Waals surface area contributed by atoms with E-state index in [0.717, 1.165) is 5.56 Å². The van der Waals surface area contributed by atoms with Crippen molar-refractivity contribution in [2.24, 2.45) is 0 Å². The monoisotopic (exact) mass is 258 g/mol. The number of aryl methyl sites for hydroxylation is 1. The van der Waals surface area contributed by atoms with E-state index in [-0.39, 0.29) is 19.6 Å². The highest BCUT2D eigenvalue weighted by atomic mass is 31.1. The largest absolute Gasteiger partial charge is 0.398 e. The van der Waals surface area contributed by atoms with Crippen LogP contribution in [0.5, 0.6) is 0 Å². The Balaban J connectivity index is 0.000000557. The summed E-state index contributed by atoms with van der Waals surface area (Å²) in [6.07, 6.45) is 0.883. The summed E-state index contributed by atoms with van der Waals surface area (Å²) in [5.74, 6) is -0.444. The number of rotatable bonds is 5. The molecule has 2 N–H and O–H groups in total. The molecule has 17 heavy (non-hydrogen) atoms. The summed E-state index contributed by atoms with van der Waals surface area (Å²) in [5, 5.41) is 15.2. The van der Waals surface area contributed by atoms with Gasteiger partial charge in [-0.3, -0.25) is 4.79 Å². The van der Waals surface area contributed by atoms with Crippen molar-refractivity contribution in [3.05, 3.63) is 35.9 Å². The van der Waals surface area contributed by atoms with E-state index in [1.54, 1.807) is 0 Å². The normalized spacial score (nSPS) is 9.29. The van der Waals surface area contributed by atoms with Gasteiger partial charge >= 0.3 is 14.7 Å². The van der Waals surface area contributed by atoms with Gasteiger partial charge in [-0.1, -0.05) is 30.3 Å². The molecule has 0 saturated heterocycles. The molecular formula is C11H15O5P. The lowest BCUT2D eigenvalue weighted by molar-refractivity contribution is -0.133. The van der Waals surface area contributed by atoms with E-state index in [4.69, 9.17) is 10.2 Å². The third-order valence-electron chi connectivity index (χ3n) is 1.70. The number of carbonyl (C=O) groups excluding carboxylic acids is 1. The third kappa shape index (κ3) is 9.63. The SMILES string of the molecule is O=POC(=O)CCc1ccccc1.OCCO. The summed E-state index contributed by atoms with van der Waals surface area (Å²) in [6, 6.07) is 9.60. The highest BCUT2D eigenvalue weighted by Crippen LogP contribution is 2.05. The fourth-order valence-electron chi connectivity index (χ4n) is 0.978. The molecule has 1 aromatic carbocycles. The van der Waals surface area contributed by atoms with Crippen molar-refractivity contribution in [2.45, 2.75) is 12.8 Å². The molecule has 5 nitrogen and oxygen atoms in total. The number of benzene rings is 1. The zero-order chi connectivity index (χ0) is 12.9. The number of hydrogen-bond acceptors (Lipinski definition) is 5. The molecule has 0 aromatic heterocycles. The van der Waals surface area contributed by atoms with Gasteiger partial charge in [0.2, 0.25) is 0 Å². The van der Waals surface area contributed by atoms with Gasteiger partial charge in [-0.15, -0.1) is 0 Å². The minimum atomic E-state index is -0.574. The lowest BCUT2D eigenvalue weighted by atomic mass is 10.1. The van der Waals surface area contributed by atoms with Crippen LogP contribution < -0.4 is 0 Å². The van der Waals surface area contributed by atoms with Crippen LogP contribution in [0.1, 0.15) is 12.0 Å². The van der Waals surface area contributed by atoms with Crippen LogP contribution in [0.2, 0.25) is 0 Å². The zero-order valence-electron chi connectivity index (χ0n) is 9.28. The fourth-order valence-corrected chi connectivity index (χ4v) is 1.15. The predicted molar refractivity (Wildman–Crippen MR) is 62.6 cm³/mol. The summed E-state index contributed by atoms with van der Waals surface area (Å²) in [6.45, 7) is -0.250. The van der Waals surface area contributed by atoms with E-state index in [2.05, 4.69) is 4.52 Å². The molecule has 0 radical (unpaired) electrons. The fraction of sp³-hybridized carbons (Fsp3) is 0.364. The molecule has 0 unspecified atom stereocenters. The van der Waals surface area contributed by atoms with Crippen LogP contribution in [0.3, 0.4) is 0 Å². The Morgan fingerprint density at radius 2 is 1.76 bits per heavy atom. The molecule has 1 aromatic rings. The van der Waals surface area contributed by atoms with Crippen LogP contribution >= 0.6 is 8.69 Å². The van der Waals surface area contributed by atoms with Gasteiger partial charge < -0.3 is 14.7 Å². The summed E-state index contributed by atoms with van der Waals surface area (Å²) < 4.78 is 14.1. The first kappa shape index (κ1) is 15.7. The van der Waals surface area contributed by atoms with Crippen molar-refractivity contribution < 1.29 is 24.1 Å². The molecule has 6 heteroatoms. The second-order valence-corrected chi connectivity index (χ2v) is 3.30. The maximum absolute atomic E-state index is 10.8. The molecule has 0 aliphatic rings. The van der Waals surface area contributed by atoms with Crippen LogP contribution in [-0.2, 0) is 20.3 Å². The first-order chi connectivity index (χ1) is 8.24. The highest BCUT2D eigenvalue weighted by Gasteiger charge is 2.02. The molecule has 94 valence electrons. The van der Waals surface area contributed by atoms with Crippen LogP contribution in [0.15, 0.2) is 30.3 Å². The van der Waals surface area contributed by atoms with Crippen molar-refractivity contribution in [3.63, 3.8) is 0 Å². The van der Waals surface area contributed by atoms with Crippen LogP contribution in [0.4, 0.5) is 0 Å². The molecule has 0 atom stereocenters. The second kappa shape index (κ2) is 11.2. The van der Waals surface area contributed by atoms with Gasteiger partial charge in [0.1, 0.15) is 0 Å². The zero-order valence-corrected chi connectivity index (χ0v) is 10.2. The topological polar surface area (TPSA) is 83.8 Å². The lowest BCUT2D eigenvalue weighted by Crippen LogP contribution is -1.98. The van der Waals surface area contributed by atoms with Crippen molar-refractivity contribution >= 4 is 14.7 Å². The van der Waals surface area contributed by atoms with E-state index < -0.39 is 14.7 Å². The highest BCUT2D eigenvalue weighted by molar-refractivity contribution is 7.18. The predicted octanol–water partition coefficient (Wildman–Crippen LogP) is 1.34. The second-order valence-electron chi connectivity index (χ2n) is 2.97. The van der Waals surface area contributed by atoms with Gasteiger partial charge in [0, 0.05) is 0 Å². The molecule has 0 fully saturated rings. The van der Waals surface area contributed by atoms with E-state index in [0.29, 0.717) is 6.42 Å². The summed E-state index contributed by atoms with van der Waals surface area (Å²) in [7, 11) is -0.574. The minimum Gasteiger partial charge on any atom is -0.394 e. The summed E-state index contributed by atoms with van der Waals surface area (Å²) in [4.78, 5) is 10.8. The van der Waals surface area contributed by atoms with Crippen molar-refractivity contribution in [1.29, 1.82) is 0 Å². The van der Waals surface area contributed by atoms with E-state index in [9.17, 15) is 9.36 Å². The maximum atomic E-state index is 10.8. The molecule has 0 aliphatic heterocycles. The average Bonchev–Trinajstić information content (AvgIpc) is 2.38. The molecular weight excluding hydrogens is 243 g/mol. The van der Waals surface area contributed by atoms with Crippen LogP contribution in [-0.4, -0.2) is 29.4 Å². The number of carbonyl (C=O) groups is 1. The van der Waals surface area contributed by atoms with Crippen molar-refractivity contribution in [1.82, 2.24) is 0 Å². The van der Waals surface area contributed by atoms with Gasteiger partial charge in [0.05, 0.1) is 19.6 Å². The molecule has 0 saturated carbocycles. The van der Waals surface area contributed by atoms with Gasteiger partial charge in [0.15, 0.2) is 0 Å². The van der Waals surface area contributed by atoms with E-state index in [1.807, 2.05) is 30.3 Å². The molecule has 0 amide bonds. The van der Waals surface area contributed by atoms with Gasteiger partial charge in [-0.25, -0.2) is 4.57 Å². The van der Waals surface area contributed by atoms with Gasteiger partial charge in [-0.05, 0) is 12.0 Å². The first-order valence-corrected chi connectivity index (χ1v) is 5.75. The quantitative estimate of drug-likeness (QED) is 0.778. The van der Waals surface area contributed by atoms with Crippen molar-refractivity contribution in [3.8, 4) is 0 Å². The minimum absolute atomic E-state index is 0.125. The number of aliphatic hydroxyl groups excluding tert-OH is 2. The maximum Gasteiger partial charge on any atom is 0.398 e. The first-order valence-electron chi connectivity index (χ1n) is 5.02. The Labute approximate surface area is 101 Å². The van der Waals surface area contributed by atoms with E-state index >= 15 is 0 Å². The smallest absolute Gasteiger partial charge is 0.394 e. The summed E-state index contributed by atoms with van der Waals surface area (Å²) >= 11 is 0. The Morgan fingerprint density at radius 3 is 2.24 bits per heavy atom.